The third kappa shape index (κ3) is 2.46. The maximum absolute atomic E-state index is 11.5. The van der Waals surface area contributed by atoms with Gasteiger partial charge in [-0.25, -0.2) is 9.78 Å². The molecule has 1 fully saturated rings. The first-order valence-corrected chi connectivity index (χ1v) is 6.83. The number of carbonyl (C=O) groups excluding carboxylic acids is 1. The Kier molecular flexibility index (Phi) is 4.09. The number of esters is 1. The van der Waals surface area contributed by atoms with Gasteiger partial charge in [0.25, 0.3) is 0 Å². The molecule has 2 atom stereocenters. The van der Waals surface area contributed by atoms with E-state index in [1.54, 1.807) is 0 Å². The molecular weight excluding hydrogens is 276 g/mol. The van der Waals surface area contributed by atoms with Crippen LogP contribution in [0.4, 0.5) is 5.13 Å². The van der Waals surface area contributed by atoms with Crippen molar-refractivity contribution < 1.29 is 14.3 Å². The van der Waals surface area contributed by atoms with E-state index in [9.17, 15) is 4.79 Å². The lowest BCUT2D eigenvalue weighted by Crippen LogP contribution is -2.36. The normalized spacial score (nSPS) is 23.1. The fourth-order valence-electron chi connectivity index (χ4n) is 2.03. The van der Waals surface area contributed by atoms with Crippen LogP contribution in [-0.4, -0.2) is 43.9 Å². The SMILES string of the molecule is COC(=O)c1sc(N(C)C2CCOC2C)nc1Cl. The van der Waals surface area contributed by atoms with E-state index in [0.29, 0.717) is 10.0 Å². The number of anilines is 1. The number of thiazole rings is 1. The molecule has 0 saturated carbocycles. The number of aromatic nitrogens is 1. The predicted octanol–water partition coefficient (Wildman–Crippen LogP) is 2.20. The molecule has 0 aliphatic carbocycles. The van der Waals surface area contributed by atoms with Crippen LogP contribution in [0.5, 0.6) is 0 Å². The van der Waals surface area contributed by atoms with E-state index in [1.807, 2.05) is 18.9 Å². The molecule has 5 nitrogen and oxygen atoms in total. The third-order valence-electron chi connectivity index (χ3n) is 3.08. The highest BCUT2D eigenvalue weighted by Gasteiger charge is 2.30. The molecule has 7 heteroatoms. The summed E-state index contributed by atoms with van der Waals surface area (Å²) < 4.78 is 10.2. The van der Waals surface area contributed by atoms with Crippen LogP contribution in [0.1, 0.15) is 23.0 Å². The van der Waals surface area contributed by atoms with Crippen molar-refractivity contribution in [1.29, 1.82) is 0 Å². The maximum atomic E-state index is 11.5. The van der Waals surface area contributed by atoms with Crippen LogP contribution in [0, 0.1) is 0 Å². The zero-order valence-electron chi connectivity index (χ0n) is 10.5. The number of likely N-dealkylation sites (N-methyl/N-ethyl adjacent to an activating group) is 1. The minimum absolute atomic E-state index is 0.152. The van der Waals surface area contributed by atoms with E-state index in [2.05, 4.69) is 9.72 Å². The van der Waals surface area contributed by atoms with E-state index in [-0.39, 0.29) is 17.3 Å². The van der Waals surface area contributed by atoms with Crippen molar-refractivity contribution in [2.45, 2.75) is 25.5 Å². The summed E-state index contributed by atoms with van der Waals surface area (Å²) in [5, 5.41) is 0.906. The molecule has 1 saturated heterocycles. The summed E-state index contributed by atoms with van der Waals surface area (Å²) in [5.41, 5.74) is 0. The largest absolute Gasteiger partial charge is 0.465 e. The second-order valence-corrected chi connectivity index (χ2v) is 5.49. The monoisotopic (exact) mass is 290 g/mol. The first kappa shape index (κ1) is 13.6. The number of halogens is 1. The zero-order valence-corrected chi connectivity index (χ0v) is 12.0. The van der Waals surface area contributed by atoms with Gasteiger partial charge in [-0.3, -0.25) is 0 Å². The standard InChI is InChI=1S/C11H15ClN2O3S/c1-6-7(4-5-17-6)14(2)11-13-9(12)8(18-11)10(15)16-3/h6-7H,4-5H2,1-3H3. The van der Waals surface area contributed by atoms with Gasteiger partial charge in [0, 0.05) is 13.7 Å². The van der Waals surface area contributed by atoms with Crippen molar-refractivity contribution >= 4 is 34.0 Å². The second kappa shape index (κ2) is 5.42. The van der Waals surface area contributed by atoms with Crippen LogP contribution >= 0.6 is 22.9 Å². The van der Waals surface area contributed by atoms with E-state index in [1.165, 1.54) is 18.4 Å². The average Bonchev–Trinajstić information content (AvgIpc) is 2.93. The molecule has 100 valence electrons. The van der Waals surface area contributed by atoms with Gasteiger partial charge in [0.1, 0.15) is 0 Å². The highest BCUT2D eigenvalue weighted by molar-refractivity contribution is 7.18. The fraction of sp³-hybridized carbons (Fsp3) is 0.636. The van der Waals surface area contributed by atoms with Gasteiger partial charge in [0.15, 0.2) is 15.2 Å². The number of rotatable bonds is 3. The van der Waals surface area contributed by atoms with Crippen molar-refractivity contribution in [3.8, 4) is 0 Å². The lowest BCUT2D eigenvalue weighted by atomic mass is 10.1. The number of ether oxygens (including phenoxy) is 2. The maximum Gasteiger partial charge on any atom is 0.351 e. The van der Waals surface area contributed by atoms with Crippen molar-refractivity contribution in [2.24, 2.45) is 0 Å². The number of hydrogen-bond donors (Lipinski definition) is 0. The highest BCUT2D eigenvalue weighted by atomic mass is 35.5. The smallest absolute Gasteiger partial charge is 0.351 e. The summed E-state index contributed by atoms with van der Waals surface area (Å²) in [6.07, 6.45) is 1.10. The number of carbonyl (C=O) groups is 1. The van der Waals surface area contributed by atoms with Gasteiger partial charge in [0.2, 0.25) is 0 Å². The Morgan fingerprint density at radius 3 is 2.94 bits per heavy atom. The molecule has 2 rings (SSSR count). The van der Waals surface area contributed by atoms with Crippen molar-refractivity contribution in [2.75, 3.05) is 25.7 Å². The second-order valence-electron chi connectivity index (χ2n) is 4.15. The van der Waals surface area contributed by atoms with Crippen LogP contribution in [0.3, 0.4) is 0 Å². The van der Waals surface area contributed by atoms with E-state index < -0.39 is 5.97 Å². The minimum Gasteiger partial charge on any atom is -0.465 e. The molecule has 1 aromatic rings. The van der Waals surface area contributed by atoms with Crippen LogP contribution in [0.2, 0.25) is 5.15 Å². The molecule has 2 heterocycles. The average molecular weight is 291 g/mol. The molecule has 2 unspecified atom stereocenters. The quantitative estimate of drug-likeness (QED) is 0.799. The van der Waals surface area contributed by atoms with Crippen LogP contribution in [0.15, 0.2) is 0 Å². The van der Waals surface area contributed by atoms with Crippen molar-refractivity contribution in [3.63, 3.8) is 0 Å². The Morgan fingerprint density at radius 1 is 1.67 bits per heavy atom. The molecule has 18 heavy (non-hydrogen) atoms. The molecular formula is C11H15ClN2O3S. The number of nitrogens with zero attached hydrogens (tertiary/aromatic N) is 2. The Labute approximate surface area is 115 Å². The lowest BCUT2D eigenvalue weighted by molar-refractivity contribution is 0.0606. The number of methoxy groups -OCH3 is 1. The van der Waals surface area contributed by atoms with E-state index in [0.717, 1.165) is 13.0 Å². The Balaban J connectivity index is 2.21. The van der Waals surface area contributed by atoms with Gasteiger partial charge >= 0.3 is 5.97 Å². The first-order valence-electron chi connectivity index (χ1n) is 5.63. The molecule has 1 aliphatic rings. The summed E-state index contributed by atoms with van der Waals surface area (Å²) in [7, 11) is 3.26. The summed E-state index contributed by atoms with van der Waals surface area (Å²) in [6.45, 7) is 2.78. The predicted molar refractivity (Wildman–Crippen MR) is 70.7 cm³/mol. The van der Waals surface area contributed by atoms with Crippen molar-refractivity contribution in [1.82, 2.24) is 4.98 Å². The van der Waals surface area contributed by atoms with Gasteiger partial charge < -0.3 is 14.4 Å². The molecule has 1 aromatic heterocycles. The van der Waals surface area contributed by atoms with Crippen LogP contribution in [-0.2, 0) is 9.47 Å². The topological polar surface area (TPSA) is 51.7 Å². The summed E-state index contributed by atoms with van der Waals surface area (Å²) in [4.78, 5) is 18.0. The molecule has 0 amide bonds. The first-order chi connectivity index (χ1) is 8.54. The fourth-order valence-corrected chi connectivity index (χ4v) is 3.25. The van der Waals surface area contributed by atoms with E-state index in [4.69, 9.17) is 16.3 Å². The van der Waals surface area contributed by atoms with Gasteiger partial charge in [-0.2, -0.15) is 0 Å². The zero-order chi connectivity index (χ0) is 13.3. The molecule has 0 aromatic carbocycles. The Hall–Kier alpha value is -0.850. The molecule has 0 N–H and O–H groups in total. The summed E-state index contributed by atoms with van der Waals surface area (Å²) in [6, 6.07) is 0.262. The molecule has 0 bridgehead atoms. The highest BCUT2D eigenvalue weighted by Crippen LogP contribution is 2.32. The number of hydrogen-bond acceptors (Lipinski definition) is 6. The van der Waals surface area contributed by atoms with Gasteiger partial charge in [0.05, 0.1) is 19.3 Å². The van der Waals surface area contributed by atoms with Gasteiger partial charge in [-0.15, -0.1) is 0 Å². The summed E-state index contributed by atoms with van der Waals surface area (Å²) >= 11 is 7.19. The van der Waals surface area contributed by atoms with Gasteiger partial charge in [-0.05, 0) is 13.3 Å². The lowest BCUT2D eigenvalue weighted by Gasteiger charge is -2.25. The molecule has 0 radical (unpaired) electrons. The van der Waals surface area contributed by atoms with Crippen LogP contribution in [0.25, 0.3) is 0 Å². The van der Waals surface area contributed by atoms with Gasteiger partial charge in [-0.1, -0.05) is 22.9 Å². The summed E-state index contributed by atoms with van der Waals surface area (Å²) in [5.74, 6) is -0.451. The molecule has 1 aliphatic heterocycles. The Morgan fingerprint density at radius 2 is 2.39 bits per heavy atom. The van der Waals surface area contributed by atoms with E-state index >= 15 is 0 Å². The molecule has 0 spiro atoms. The third-order valence-corrected chi connectivity index (χ3v) is 4.59. The van der Waals surface area contributed by atoms with Crippen molar-refractivity contribution in [3.05, 3.63) is 10.0 Å². The minimum atomic E-state index is -0.451. The van der Waals surface area contributed by atoms with Crippen LogP contribution < -0.4 is 4.90 Å². The Bertz CT molecular complexity index is 451.